The molecule has 0 spiro atoms. The molecule has 1 aromatic rings. The summed E-state index contributed by atoms with van der Waals surface area (Å²) in [5, 5.41) is 4.31. The number of carbonyl (C=O) groups is 2. The molecule has 3 heterocycles. The molecular weight excluding hydrogens is 328 g/mol. The molecule has 2 aliphatic heterocycles. The van der Waals surface area contributed by atoms with Crippen molar-refractivity contribution in [1.82, 2.24) is 19.6 Å². The van der Waals surface area contributed by atoms with Crippen LogP contribution in [0.1, 0.15) is 67.4 Å². The van der Waals surface area contributed by atoms with Gasteiger partial charge in [0.1, 0.15) is 0 Å². The van der Waals surface area contributed by atoms with Gasteiger partial charge in [-0.25, -0.2) is 0 Å². The quantitative estimate of drug-likeness (QED) is 0.834. The first-order chi connectivity index (χ1) is 12.5. The first-order valence-corrected chi connectivity index (χ1v) is 10.1. The van der Waals surface area contributed by atoms with E-state index in [-0.39, 0.29) is 11.8 Å². The average molecular weight is 358 g/mol. The highest BCUT2D eigenvalue weighted by Gasteiger charge is 2.35. The third-order valence-corrected chi connectivity index (χ3v) is 6.41. The zero-order chi connectivity index (χ0) is 18.3. The highest BCUT2D eigenvalue weighted by Crippen LogP contribution is 2.41. The number of amides is 2. The Morgan fingerprint density at radius 3 is 2.19 bits per heavy atom. The maximum Gasteiger partial charge on any atom is 0.257 e. The number of rotatable bonds is 3. The van der Waals surface area contributed by atoms with Gasteiger partial charge >= 0.3 is 0 Å². The number of hydrogen-bond donors (Lipinski definition) is 0. The number of aromatic nitrogens is 2. The topological polar surface area (TPSA) is 58.4 Å². The maximum absolute atomic E-state index is 13.0. The van der Waals surface area contributed by atoms with E-state index in [1.165, 1.54) is 0 Å². The Morgan fingerprint density at radius 1 is 0.962 bits per heavy atom. The van der Waals surface area contributed by atoms with Crippen molar-refractivity contribution in [2.24, 2.45) is 18.9 Å². The Kier molecular flexibility index (Phi) is 4.76. The van der Waals surface area contributed by atoms with Crippen molar-refractivity contribution in [3.8, 4) is 0 Å². The van der Waals surface area contributed by atoms with Gasteiger partial charge in [0.05, 0.1) is 17.5 Å². The molecule has 0 aromatic carbocycles. The van der Waals surface area contributed by atoms with Crippen LogP contribution in [0.3, 0.4) is 0 Å². The molecule has 142 valence electrons. The minimum Gasteiger partial charge on any atom is -0.342 e. The molecule has 0 atom stereocenters. The van der Waals surface area contributed by atoms with Crippen molar-refractivity contribution >= 4 is 11.8 Å². The molecule has 1 saturated carbocycles. The summed E-state index contributed by atoms with van der Waals surface area (Å²) in [5.74, 6) is 1.73. The number of hydrogen-bond acceptors (Lipinski definition) is 3. The van der Waals surface area contributed by atoms with E-state index in [1.54, 1.807) is 6.20 Å². The van der Waals surface area contributed by atoms with Crippen molar-refractivity contribution in [2.75, 3.05) is 26.2 Å². The van der Waals surface area contributed by atoms with Gasteiger partial charge in [-0.1, -0.05) is 6.92 Å². The third kappa shape index (κ3) is 3.38. The predicted molar refractivity (Wildman–Crippen MR) is 98.8 cm³/mol. The Hall–Kier alpha value is -1.85. The van der Waals surface area contributed by atoms with Gasteiger partial charge in [-0.15, -0.1) is 0 Å². The van der Waals surface area contributed by atoms with Crippen LogP contribution in [0, 0.1) is 11.8 Å². The van der Waals surface area contributed by atoms with Crippen LogP contribution >= 0.6 is 0 Å². The smallest absolute Gasteiger partial charge is 0.257 e. The van der Waals surface area contributed by atoms with Gasteiger partial charge < -0.3 is 9.80 Å². The van der Waals surface area contributed by atoms with Gasteiger partial charge in [-0.3, -0.25) is 14.3 Å². The summed E-state index contributed by atoms with van der Waals surface area (Å²) in [5.41, 5.74) is 1.86. The predicted octanol–water partition coefficient (Wildman–Crippen LogP) is 2.41. The van der Waals surface area contributed by atoms with E-state index in [9.17, 15) is 9.59 Å². The van der Waals surface area contributed by atoms with Crippen molar-refractivity contribution in [2.45, 2.75) is 51.4 Å². The lowest BCUT2D eigenvalue weighted by atomic mass is 9.92. The Labute approximate surface area is 155 Å². The molecule has 1 aliphatic carbocycles. The monoisotopic (exact) mass is 358 g/mol. The van der Waals surface area contributed by atoms with Gasteiger partial charge in [0, 0.05) is 45.1 Å². The average Bonchev–Trinajstić information content (AvgIpc) is 3.43. The summed E-state index contributed by atoms with van der Waals surface area (Å²) >= 11 is 0. The van der Waals surface area contributed by atoms with Gasteiger partial charge in [0.2, 0.25) is 5.91 Å². The van der Waals surface area contributed by atoms with Gasteiger partial charge in [0.15, 0.2) is 0 Å². The third-order valence-electron chi connectivity index (χ3n) is 6.41. The number of carbonyl (C=O) groups excluding carboxylic acids is 2. The van der Waals surface area contributed by atoms with Crippen LogP contribution in [0.5, 0.6) is 0 Å². The Bertz CT molecular complexity index is 678. The summed E-state index contributed by atoms with van der Waals surface area (Å²) in [6.07, 6.45) is 7.85. The molecule has 26 heavy (non-hydrogen) atoms. The summed E-state index contributed by atoms with van der Waals surface area (Å²) < 4.78 is 1.86. The van der Waals surface area contributed by atoms with E-state index >= 15 is 0 Å². The second kappa shape index (κ2) is 7.05. The largest absolute Gasteiger partial charge is 0.342 e. The fourth-order valence-corrected chi connectivity index (χ4v) is 4.44. The molecule has 3 aliphatic rings. The molecule has 0 radical (unpaired) electrons. The standard InChI is InChI=1S/C20H30N4O2/c1-14-5-9-23(10-6-14)19(25)16-7-11-24(12-8-16)20(26)17-13-21-22(2)18(17)15-3-4-15/h13-16H,3-12H2,1-2H3. The molecule has 3 fully saturated rings. The fraction of sp³-hybridized carbons (Fsp3) is 0.750. The zero-order valence-corrected chi connectivity index (χ0v) is 16.0. The van der Waals surface area contributed by atoms with E-state index < -0.39 is 0 Å². The van der Waals surface area contributed by atoms with E-state index in [2.05, 4.69) is 16.9 Å². The summed E-state index contributed by atoms with van der Waals surface area (Å²) in [7, 11) is 1.93. The molecule has 0 bridgehead atoms. The van der Waals surface area contributed by atoms with Crippen LogP contribution < -0.4 is 0 Å². The molecule has 0 unspecified atom stereocenters. The molecule has 1 aromatic heterocycles. The second-order valence-corrected chi connectivity index (χ2v) is 8.42. The van der Waals surface area contributed by atoms with Crippen molar-refractivity contribution in [3.63, 3.8) is 0 Å². The van der Waals surface area contributed by atoms with Crippen molar-refractivity contribution in [1.29, 1.82) is 0 Å². The molecule has 6 heteroatoms. The Morgan fingerprint density at radius 2 is 1.58 bits per heavy atom. The van der Waals surface area contributed by atoms with Crippen molar-refractivity contribution < 1.29 is 9.59 Å². The lowest BCUT2D eigenvalue weighted by Crippen LogP contribution is -2.46. The first-order valence-electron chi connectivity index (χ1n) is 10.1. The minimum absolute atomic E-state index is 0.0873. The van der Waals surface area contributed by atoms with Crippen LogP contribution in [0.2, 0.25) is 0 Å². The summed E-state index contributed by atoms with van der Waals surface area (Å²) in [6, 6.07) is 0. The number of likely N-dealkylation sites (tertiary alicyclic amines) is 2. The lowest BCUT2D eigenvalue weighted by Gasteiger charge is -2.36. The van der Waals surface area contributed by atoms with E-state index in [0.29, 0.717) is 24.9 Å². The molecule has 2 saturated heterocycles. The summed E-state index contributed by atoms with van der Waals surface area (Å²) in [4.78, 5) is 29.7. The van der Waals surface area contributed by atoms with Crippen molar-refractivity contribution in [3.05, 3.63) is 17.5 Å². The van der Waals surface area contributed by atoms with E-state index in [0.717, 1.165) is 68.8 Å². The van der Waals surface area contributed by atoms with Crippen LogP contribution in [0.4, 0.5) is 0 Å². The normalized spacial score (nSPS) is 22.7. The highest BCUT2D eigenvalue weighted by atomic mass is 16.2. The molecule has 6 nitrogen and oxygen atoms in total. The van der Waals surface area contributed by atoms with Gasteiger partial charge in [-0.05, 0) is 44.4 Å². The molecule has 0 N–H and O–H groups in total. The van der Waals surface area contributed by atoms with Gasteiger partial charge in [-0.2, -0.15) is 5.10 Å². The second-order valence-electron chi connectivity index (χ2n) is 8.42. The fourth-order valence-electron chi connectivity index (χ4n) is 4.44. The lowest BCUT2D eigenvalue weighted by molar-refractivity contribution is -0.138. The first kappa shape index (κ1) is 17.6. The maximum atomic E-state index is 13.0. The van der Waals surface area contributed by atoms with Crippen LogP contribution in [0.15, 0.2) is 6.20 Å². The zero-order valence-electron chi connectivity index (χ0n) is 16.0. The van der Waals surface area contributed by atoms with Crippen LogP contribution in [-0.4, -0.2) is 57.6 Å². The molecule has 4 rings (SSSR count). The summed E-state index contributed by atoms with van der Waals surface area (Å²) in [6.45, 7) is 5.43. The van der Waals surface area contributed by atoms with Gasteiger partial charge in [0.25, 0.3) is 5.91 Å². The SMILES string of the molecule is CC1CCN(C(=O)C2CCN(C(=O)c3cnn(C)c3C3CC3)CC2)CC1. The molecule has 2 amide bonds. The highest BCUT2D eigenvalue weighted by molar-refractivity contribution is 5.95. The van der Waals surface area contributed by atoms with Crippen LogP contribution in [-0.2, 0) is 11.8 Å². The minimum atomic E-state index is 0.0873. The Balaban J connectivity index is 1.35. The number of nitrogens with zero attached hydrogens (tertiary/aromatic N) is 4. The molecular formula is C20H30N4O2. The van der Waals surface area contributed by atoms with E-state index in [4.69, 9.17) is 0 Å². The van der Waals surface area contributed by atoms with Crippen LogP contribution in [0.25, 0.3) is 0 Å². The number of aryl methyl sites for hydroxylation is 1. The van der Waals surface area contributed by atoms with E-state index in [1.807, 2.05) is 16.6 Å². The number of piperidine rings is 2.